The van der Waals surface area contributed by atoms with Crippen LogP contribution < -0.4 is 5.32 Å². The lowest BCUT2D eigenvalue weighted by Crippen LogP contribution is -2.48. The molecular weight excluding hydrogens is 170 g/mol. The van der Waals surface area contributed by atoms with Crippen LogP contribution in [0.15, 0.2) is 12.2 Å². The molecule has 0 spiro atoms. The lowest BCUT2D eigenvalue weighted by Gasteiger charge is -2.40. The van der Waals surface area contributed by atoms with Crippen molar-refractivity contribution in [2.24, 2.45) is 11.8 Å². The SMILES string of the molecule is C#CCCCCNC1CC2CC=CC21. The number of fused-ring (bicyclic) bond motifs is 1. The van der Waals surface area contributed by atoms with Crippen LogP contribution in [0.5, 0.6) is 0 Å². The first-order chi connectivity index (χ1) is 6.92. The third-order valence-corrected chi connectivity index (χ3v) is 3.52. The topological polar surface area (TPSA) is 12.0 Å². The number of nitrogens with one attached hydrogen (secondary N) is 1. The van der Waals surface area contributed by atoms with Crippen LogP contribution in [0.2, 0.25) is 0 Å². The van der Waals surface area contributed by atoms with Crippen molar-refractivity contribution in [3.63, 3.8) is 0 Å². The summed E-state index contributed by atoms with van der Waals surface area (Å²) in [4.78, 5) is 0. The quantitative estimate of drug-likeness (QED) is 0.398. The van der Waals surface area contributed by atoms with Crippen molar-refractivity contribution in [1.82, 2.24) is 5.32 Å². The molecule has 0 radical (unpaired) electrons. The summed E-state index contributed by atoms with van der Waals surface area (Å²) in [5, 5.41) is 3.63. The normalized spacial score (nSPS) is 33.5. The van der Waals surface area contributed by atoms with E-state index in [-0.39, 0.29) is 0 Å². The summed E-state index contributed by atoms with van der Waals surface area (Å²) in [5.74, 6) is 4.50. The van der Waals surface area contributed by atoms with E-state index < -0.39 is 0 Å². The number of allylic oxidation sites excluding steroid dienone is 1. The number of rotatable bonds is 5. The molecule has 1 heteroatoms. The van der Waals surface area contributed by atoms with E-state index in [2.05, 4.69) is 23.4 Å². The monoisotopic (exact) mass is 189 g/mol. The van der Waals surface area contributed by atoms with Gasteiger partial charge in [-0.1, -0.05) is 12.2 Å². The summed E-state index contributed by atoms with van der Waals surface area (Å²) >= 11 is 0. The van der Waals surface area contributed by atoms with Crippen LogP contribution in [0, 0.1) is 24.2 Å². The predicted octanol–water partition coefficient (Wildman–Crippen LogP) is 2.34. The largest absolute Gasteiger partial charge is 0.313 e. The smallest absolute Gasteiger partial charge is 0.0136 e. The zero-order chi connectivity index (χ0) is 9.80. The summed E-state index contributed by atoms with van der Waals surface area (Å²) in [7, 11) is 0. The van der Waals surface area contributed by atoms with Gasteiger partial charge in [0.1, 0.15) is 0 Å². The summed E-state index contributed by atoms with van der Waals surface area (Å²) in [6.07, 6.45) is 16.0. The predicted molar refractivity (Wildman–Crippen MR) is 59.8 cm³/mol. The molecular formula is C13H19N. The molecule has 3 unspecified atom stereocenters. The first-order valence-corrected chi connectivity index (χ1v) is 5.75. The van der Waals surface area contributed by atoms with Crippen LogP contribution in [-0.4, -0.2) is 12.6 Å². The van der Waals surface area contributed by atoms with Crippen LogP contribution >= 0.6 is 0 Å². The van der Waals surface area contributed by atoms with E-state index in [4.69, 9.17) is 6.42 Å². The van der Waals surface area contributed by atoms with Crippen LogP contribution in [0.4, 0.5) is 0 Å². The summed E-state index contributed by atoms with van der Waals surface area (Å²) < 4.78 is 0. The average Bonchev–Trinajstić information content (AvgIpc) is 2.53. The first-order valence-electron chi connectivity index (χ1n) is 5.75. The van der Waals surface area contributed by atoms with Crippen molar-refractivity contribution in [3.05, 3.63) is 12.2 Å². The zero-order valence-electron chi connectivity index (χ0n) is 8.71. The fraction of sp³-hybridized carbons (Fsp3) is 0.692. The lowest BCUT2D eigenvalue weighted by atomic mass is 9.71. The van der Waals surface area contributed by atoms with Crippen LogP contribution in [0.1, 0.15) is 32.1 Å². The van der Waals surface area contributed by atoms with Crippen molar-refractivity contribution in [1.29, 1.82) is 0 Å². The van der Waals surface area contributed by atoms with Crippen LogP contribution in [0.25, 0.3) is 0 Å². The van der Waals surface area contributed by atoms with Gasteiger partial charge in [0.05, 0.1) is 0 Å². The van der Waals surface area contributed by atoms with Gasteiger partial charge in [0, 0.05) is 12.5 Å². The highest BCUT2D eigenvalue weighted by Gasteiger charge is 2.40. The van der Waals surface area contributed by atoms with Crippen molar-refractivity contribution in [3.8, 4) is 12.3 Å². The van der Waals surface area contributed by atoms with Gasteiger partial charge in [-0.3, -0.25) is 0 Å². The Balaban J connectivity index is 1.55. The Kier molecular flexibility index (Phi) is 3.26. The maximum absolute atomic E-state index is 5.20. The summed E-state index contributed by atoms with van der Waals surface area (Å²) in [6, 6.07) is 0.768. The van der Waals surface area contributed by atoms with E-state index >= 15 is 0 Å². The maximum Gasteiger partial charge on any atom is 0.0136 e. The fourth-order valence-corrected chi connectivity index (χ4v) is 2.59. The number of unbranched alkanes of at least 4 members (excludes halogenated alkanes) is 2. The Labute approximate surface area is 87.0 Å². The first kappa shape index (κ1) is 9.80. The minimum atomic E-state index is 0.768. The molecule has 0 aromatic heterocycles. The second-order valence-corrected chi connectivity index (χ2v) is 4.46. The molecule has 76 valence electrons. The van der Waals surface area contributed by atoms with Gasteiger partial charge >= 0.3 is 0 Å². The summed E-state index contributed by atoms with van der Waals surface area (Å²) in [5.41, 5.74) is 0. The van der Waals surface area contributed by atoms with Gasteiger partial charge in [-0.2, -0.15) is 0 Å². The Morgan fingerprint density at radius 3 is 3.14 bits per heavy atom. The lowest BCUT2D eigenvalue weighted by molar-refractivity contribution is 0.163. The number of terminal acetylenes is 1. The second kappa shape index (κ2) is 4.66. The minimum absolute atomic E-state index is 0.768. The molecule has 0 aromatic carbocycles. The fourth-order valence-electron chi connectivity index (χ4n) is 2.59. The Morgan fingerprint density at radius 1 is 1.43 bits per heavy atom. The molecule has 14 heavy (non-hydrogen) atoms. The molecule has 1 fully saturated rings. The van der Waals surface area contributed by atoms with Crippen molar-refractivity contribution in [2.45, 2.75) is 38.1 Å². The summed E-state index contributed by atoms with van der Waals surface area (Å²) in [6.45, 7) is 1.14. The van der Waals surface area contributed by atoms with Gasteiger partial charge < -0.3 is 5.32 Å². The molecule has 0 saturated heterocycles. The Hall–Kier alpha value is -0.740. The van der Waals surface area contributed by atoms with Gasteiger partial charge in [-0.05, 0) is 44.1 Å². The molecule has 0 bridgehead atoms. The van der Waals surface area contributed by atoms with E-state index in [1.54, 1.807) is 0 Å². The highest BCUT2D eigenvalue weighted by Crippen LogP contribution is 2.42. The van der Waals surface area contributed by atoms with Crippen molar-refractivity contribution >= 4 is 0 Å². The van der Waals surface area contributed by atoms with Crippen LogP contribution in [-0.2, 0) is 0 Å². The van der Waals surface area contributed by atoms with Crippen LogP contribution in [0.3, 0.4) is 0 Å². The highest BCUT2D eigenvalue weighted by molar-refractivity contribution is 5.12. The molecule has 1 N–H and O–H groups in total. The molecule has 1 nitrogen and oxygen atoms in total. The number of hydrogen-bond acceptors (Lipinski definition) is 1. The second-order valence-electron chi connectivity index (χ2n) is 4.46. The molecule has 3 atom stereocenters. The molecule has 2 aliphatic rings. The number of hydrogen-bond donors (Lipinski definition) is 1. The molecule has 0 aromatic rings. The molecule has 1 saturated carbocycles. The van der Waals surface area contributed by atoms with E-state index in [1.807, 2.05) is 0 Å². The molecule has 0 aliphatic heterocycles. The van der Waals surface area contributed by atoms with E-state index in [0.29, 0.717) is 0 Å². The van der Waals surface area contributed by atoms with Gasteiger partial charge in [0.2, 0.25) is 0 Å². The molecule has 2 rings (SSSR count). The Bertz CT molecular complexity index is 248. The third-order valence-electron chi connectivity index (χ3n) is 3.52. The van der Waals surface area contributed by atoms with Gasteiger partial charge in [0.15, 0.2) is 0 Å². The van der Waals surface area contributed by atoms with Gasteiger partial charge in [0.25, 0.3) is 0 Å². The van der Waals surface area contributed by atoms with Gasteiger partial charge in [-0.15, -0.1) is 12.3 Å². The molecule has 2 aliphatic carbocycles. The third kappa shape index (κ3) is 2.01. The standard InChI is InChI=1S/C13H19N/c1-2-3-4-5-9-14-13-10-11-7-6-8-12(11)13/h1,6,8,11-14H,3-5,7,9-10H2. The highest BCUT2D eigenvalue weighted by atomic mass is 14.9. The molecule has 0 heterocycles. The van der Waals surface area contributed by atoms with Gasteiger partial charge in [-0.25, -0.2) is 0 Å². The van der Waals surface area contributed by atoms with E-state index in [9.17, 15) is 0 Å². The zero-order valence-corrected chi connectivity index (χ0v) is 8.71. The maximum atomic E-state index is 5.20. The minimum Gasteiger partial charge on any atom is -0.313 e. The average molecular weight is 189 g/mol. The Morgan fingerprint density at radius 2 is 2.36 bits per heavy atom. The molecule has 0 amide bonds. The van der Waals surface area contributed by atoms with E-state index in [0.717, 1.165) is 30.8 Å². The van der Waals surface area contributed by atoms with Crippen molar-refractivity contribution < 1.29 is 0 Å². The van der Waals surface area contributed by atoms with E-state index in [1.165, 1.54) is 25.7 Å². The van der Waals surface area contributed by atoms with Crippen molar-refractivity contribution in [2.75, 3.05) is 6.54 Å².